The first kappa shape index (κ1) is 23.6. The van der Waals surface area contributed by atoms with E-state index in [0.717, 1.165) is 51.6 Å². The van der Waals surface area contributed by atoms with E-state index in [-0.39, 0.29) is 11.6 Å². The van der Waals surface area contributed by atoms with Gasteiger partial charge >= 0.3 is 0 Å². The highest BCUT2D eigenvalue weighted by Gasteiger charge is 2.22. The number of nitrogens with one attached hydrogen (secondary N) is 3. The van der Waals surface area contributed by atoms with Crippen LogP contribution in [0.15, 0.2) is 35.3 Å². The summed E-state index contributed by atoms with van der Waals surface area (Å²) in [6.07, 6.45) is 2.28. The standard InChI is InChI=1S/C23H41N5O/c1-6-24-22(26-21-12-14-28(15-13-21)16-17-29-5)25-18-23(3,4)27-19(2)20-10-8-7-9-11-20/h7-11,19,21,27H,6,12-18H2,1-5H3,(H2,24,25,26). The Bertz CT molecular complexity index is 597. The van der Waals surface area contributed by atoms with Gasteiger partial charge in [-0.05, 0) is 46.1 Å². The van der Waals surface area contributed by atoms with Crippen molar-refractivity contribution >= 4 is 5.96 Å². The number of guanidine groups is 1. The van der Waals surface area contributed by atoms with Crippen LogP contribution < -0.4 is 16.0 Å². The summed E-state index contributed by atoms with van der Waals surface area (Å²) in [7, 11) is 1.77. The van der Waals surface area contributed by atoms with Crippen molar-refractivity contribution in [1.82, 2.24) is 20.9 Å². The predicted molar refractivity (Wildman–Crippen MR) is 123 cm³/mol. The molecule has 0 bridgehead atoms. The fourth-order valence-electron chi connectivity index (χ4n) is 3.77. The predicted octanol–water partition coefficient (Wildman–Crippen LogP) is 2.78. The van der Waals surface area contributed by atoms with Crippen LogP contribution in [-0.2, 0) is 4.74 Å². The van der Waals surface area contributed by atoms with E-state index < -0.39 is 0 Å². The van der Waals surface area contributed by atoms with Gasteiger partial charge < -0.3 is 25.6 Å². The number of methoxy groups -OCH3 is 1. The van der Waals surface area contributed by atoms with Crippen molar-refractivity contribution in [2.24, 2.45) is 4.99 Å². The van der Waals surface area contributed by atoms with Crippen LogP contribution in [0.4, 0.5) is 0 Å². The fourth-order valence-corrected chi connectivity index (χ4v) is 3.77. The number of hydrogen-bond acceptors (Lipinski definition) is 4. The van der Waals surface area contributed by atoms with E-state index in [0.29, 0.717) is 12.6 Å². The van der Waals surface area contributed by atoms with Crippen molar-refractivity contribution in [3.05, 3.63) is 35.9 Å². The lowest BCUT2D eigenvalue weighted by molar-refractivity contribution is 0.128. The van der Waals surface area contributed by atoms with Crippen molar-refractivity contribution in [2.75, 3.05) is 46.4 Å². The first-order valence-corrected chi connectivity index (χ1v) is 11.0. The number of rotatable bonds is 10. The van der Waals surface area contributed by atoms with Crippen LogP contribution >= 0.6 is 0 Å². The Morgan fingerprint density at radius 3 is 2.55 bits per heavy atom. The van der Waals surface area contributed by atoms with Gasteiger partial charge in [-0.1, -0.05) is 30.3 Å². The van der Waals surface area contributed by atoms with Gasteiger partial charge in [0.2, 0.25) is 0 Å². The smallest absolute Gasteiger partial charge is 0.191 e. The van der Waals surface area contributed by atoms with Crippen LogP contribution in [0, 0.1) is 0 Å². The Labute approximate surface area is 177 Å². The molecule has 0 saturated carbocycles. The summed E-state index contributed by atoms with van der Waals surface area (Å²) >= 11 is 0. The lowest BCUT2D eigenvalue weighted by atomic mass is 10.0. The third kappa shape index (κ3) is 8.72. The number of ether oxygens (including phenoxy) is 1. The molecule has 6 heteroatoms. The van der Waals surface area contributed by atoms with Crippen molar-refractivity contribution < 1.29 is 4.74 Å². The quantitative estimate of drug-likeness (QED) is 0.414. The normalized spacial score (nSPS) is 17.9. The van der Waals surface area contributed by atoms with E-state index in [1.807, 2.05) is 0 Å². The van der Waals surface area contributed by atoms with Crippen molar-refractivity contribution in [2.45, 2.75) is 58.2 Å². The summed E-state index contributed by atoms with van der Waals surface area (Å²) in [4.78, 5) is 7.37. The van der Waals surface area contributed by atoms with Gasteiger partial charge in [0.1, 0.15) is 0 Å². The molecule has 0 aliphatic carbocycles. The molecule has 1 aliphatic rings. The molecule has 1 unspecified atom stereocenters. The van der Waals surface area contributed by atoms with E-state index >= 15 is 0 Å². The lowest BCUT2D eigenvalue weighted by Gasteiger charge is -2.33. The molecule has 6 nitrogen and oxygen atoms in total. The summed E-state index contributed by atoms with van der Waals surface area (Å²) in [5.41, 5.74) is 1.20. The minimum Gasteiger partial charge on any atom is -0.383 e. The first-order valence-electron chi connectivity index (χ1n) is 11.0. The zero-order valence-electron chi connectivity index (χ0n) is 19.0. The second-order valence-electron chi connectivity index (χ2n) is 8.61. The molecule has 1 aromatic carbocycles. The van der Waals surface area contributed by atoms with Crippen LogP contribution in [0.25, 0.3) is 0 Å². The number of nitrogens with zero attached hydrogens (tertiary/aromatic N) is 2. The lowest BCUT2D eigenvalue weighted by Crippen LogP contribution is -2.50. The molecule has 2 rings (SSSR count). The summed E-state index contributed by atoms with van der Waals surface area (Å²) in [5, 5.41) is 10.8. The summed E-state index contributed by atoms with van der Waals surface area (Å²) in [5.74, 6) is 0.921. The molecule has 1 heterocycles. The Morgan fingerprint density at radius 1 is 1.24 bits per heavy atom. The highest BCUT2D eigenvalue weighted by Crippen LogP contribution is 2.16. The van der Waals surface area contributed by atoms with Crippen molar-refractivity contribution in [3.8, 4) is 0 Å². The molecule has 1 aromatic rings. The highest BCUT2D eigenvalue weighted by atomic mass is 16.5. The maximum Gasteiger partial charge on any atom is 0.191 e. The molecule has 1 aliphatic heterocycles. The molecule has 3 N–H and O–H groups in total. The third-order valence-electron chi connectivity index (χ3n) is 5.42. The molecule has 0 radical (unpaired) electrons. The number of hydrogen-bond donors (Lipinski definition) is 3. The van der Waals surface area contributed by atoms with E-state index in [4.69, 9.17) is 9.73 Å². The zero-order valence-corrected chi connectivity index (χ0v) is 19.0. The Morgan fingerprint density at radius 2 is 1.93 bits per heavy atom. The zero-order chi connectivity index (χ0) is 21.1. The first-order chi connectivity index (χ1) is 13.9. The van der Waals surface area contributed by atoms with Crippen LogP contribution in [-0.4, -0.2) is 68.9 Å². The summed E-state index contributed by atoms with van der Waals surface area (Å²) in [6, 6.07) is 11.3. The third-order valence-corrected chi connectivity index (χ3v) is 5.42. The van der Waals surface area contributed by atoms with Gasteiger partial charge in [-0.15, -0.1) is 0 Å². The number of aliphatic imine (C=N–C) groups is 1. The van der Waals surface area contributed by atoms with Crippen molar-refractivity contribution in [1.29, 1.82) is 0 Å². The van der Waals surface area contributed by atoms with Crippen LogP contribution in [0.5, 0.6) is 0 Å². The molecular formula is C23H41N5O. The topological polar surface area (TPSA) is 60.9 Å². The summed E-state index contributed by atoms with van der Waals surface area (Å²) in [6.45, 7) is 14.4. The molecule has 0 amide bonds. The van der Waals surface area contributed by atoms with Gasteiger partial charge in [0.15, 0.2) is 5.96 Å². The molecule has 29 heavy (non-hydrogen) atoms. The second-order valence-corrected chi connectivity index (χ2v) is 8.61. The van der Waals surface area contributed by atoms with Gasteiger partial charge in [-0.3, -0.25) is 4.99 Å². The van der Waals surface area contributed by atoms with Gasteiger partial charge in [0.25, 0.3) is 0 Å². The average Bonchev–Trinajstić information content (AvgIpc) is 2.72. The van der Waals surface area contributed by atoms with E-state index in [1.165, 1.54) is 5.56 Å². The Hall–Kier alpha value is -1.63. The van der Waals surface area contributed by atoms with E-state index in [2.05, 4.69) is 78.9 Å². The fraction of sp³-hybridized carbons (Fsp3) is 0.696. The molecule has 1 fully saturated rings. The maximum atomic E-state index is 5.19. The molecule has 164 valence electrons. The SMILES string of the molecule is CCNC(=NCC(C)(C)NC(C)c1ccccc1)NC1CCN(CCOC)CC1. The summed E-state index contributed by atoms with van der Waals surface area (Å²) < 4.78 is 5.19. The average molecular weight is 404 g/mol. The largest absolute Gasteiger partial charge is 0.383 e. The van der Waals surface area contributed by atoms with Crippen LogP contribution in [0.3, 0.4) is 0 Å². The molecule has 1 saturated heterocycles. The minimum atomic E-state index is -0.0961. The number of benzene rings is 1. The number of piperidine rings is 1. The molecule has 0 aromatic heterocycles. The van der Waals surface area contributed by atoms with Crippen LogP contribution in [0.1, 0.15) is 52.1 Å². The van der Waals surface area contributed by atoms with Gasteiger partial charge in [0, 0.05) is 50.9 Å². The van der Waals surface area contributed by atoms with E-state index in [1.54, 1.807) is 7.11 Å². The van der Waals surface area contributed by atoms with E-state index in [9.17, 15) is 0 Å². The molecular weight excluding hydrogens is 362 g/mol. The molecule has 1 atom stereocenters. The highest BCUT2D eigenvalue weighted by molar-refractivity contribution is 5.80. The minimum absolute atomic E-state index is 0.0961. The second kappa shape index (κ2) is 12.2. The van der Waals surface area contributed by atoms with Crippen molar-refractivity contribution in [3.63, 3.8) is 0 Å². The molecule has 0 spiro atoms. The maximum absolute atomic E-state index is 5.19. The Kier molecular flexibility index (Phi) is 9.91. The van der Waals surface area contributed by atoms with Gasteiger partial charge in [-0.25, -0.2) is 0 Å². The van der Waals surface area contributed by atoms with Gasteiger partial charge in [0.05, 0.1) is 13.2 Å². The van der Waals surface area contributed by atoms with Crippen LogP contribution in [0.2, 0.25) is 0 Å². The Balaban J connectivity index is 1.85. The van der Waals surface area contributed by atoms with Gasteiger partial charge in [-0.2, -0.15) is 0 Å². The monoisotopic (exact) mass is 403 g/mol. The number of likely N-dealkylation sites (tertiary alicyclic amines) is 1.